The molecule has 0 unspecified atom stereocenters. The number of nitrogens with two attached hydrogens (primary N) is 2. The van der Waals surface area contributed by atoms with Crippen molar-refractivity contribution in [2.24, 2.45) is 0 Å². The van der Waals surface area contributed by atoms with Crippen LogP contribution >= 0.6 is 58.0 Å². The van der Waals surface area contributed by atoms with Crippen LogP contribution in [0.2, 0.25) is 25.8 Å². The van der Waals surface area contributed by atoms with Crippen LogP contribution in [0.4, 0.5) is 11.6 Å². The fraction of sp³-hybridized carbons (Fsp3) is 0.161. The molecular weight excluding hydrogens is 812 g/mol. The van der Waals surface area contributed by atoms with Crippen LogP contribution in [0.5, 0.6) is 5.88 Å². The molecule has 6 aromatic heterocycles. The lowest BCUT2D eigenvalue weighted by Gasteiger charge is -1.99. The van der Waals surface area contributed by atoms with Gasteiger partial charge in [0.1, 0.15) is 68.4 Å². The number of ether oxygens (including phenoxy) is 1. The van der Waals surface area contributed by atoms with Gasteiger partial charge in [0.15, 0.2) is 12.6 Å². The van der Waals surface area contributed by atoms with E-state index in [9.17, 15) is 14.4 Å². The molecule has 0 radical (unpaired) electrons. The van der Waals surface area contributed by atoms with Crippen LogP contribution in [0.1, 0.15) is 56.0 Å². The normalized spacial score (nSPS) is 9.07. The Morgan fingerprint density at radius 3 is 1.52 bits per heavy atom. The number of methoxy groups -OCH3 is 1. The zero-order chi connectivity index (χ0) is 37.1. The van der Waals surface area contributed by atoms with Gasteiger partial charge in [0.2, 0.25) is 5.88 Å². The number of aromatic amines is 2. The van der Waals surface area contributed by atoms with Crippen molar-refractivity contribution in [2.45, 2.75) is 29.7 Å². The molecule has 6 heterocycles. The van der Waals surface area contributed by atoms with Crippen LogP contribution in [0.15, 0.2) is 61.0 Å². The maximum Gasteiger partial charge on any atom is 0.254 e. The van der Waals surface area contributed by atoms with Gasteiger partial charge in [-0.25, -0.2) is 44.9 Å². The van der Waals surface area contributed by atoms with E-state index >= 15 is 0 Å². The van der Waals surface area contributed by atoms with Crippen molar-refractivity contribution in [1.29, 1.82) is 0 Å². The molecule has 0 aliphatic carbocycles. The van der Waals surface area contributed by atoms with Crippen LogP contribution < -0.4 is 17.0 Å². The van der Waals surface area contributed by atoms with Gasteiger partial charge in [-0.2, -0.15) is 0 Å². The van der Waals surface area contributed by atoms with Crippen molar-refractivity contribution in [3.63, 3.8) is 0 Å². The summed E-state index contributed by atoms with van der Waals surface area (Å²) >= 11 is 27.8. The summed E-state index contributed by atoms with van der Waals surface area (Å²) in [6, 6.07) is 2.84. The van der Waals surface area contributed by atoms with Gasteiger partial charge >= 0.3 is 0 Å². The fourth-order valence-corrected chi connectivity index (χ4v) is 3.81. The van der Waals surface area contributed by atoms with Crippen molar-refractivity contribution < 1.29 is 19.4 Å². The third-order valence-electron chi connectivity index (χ3n) is 5.09. The summed E-state index contributed by atoms with van der Waals surface area (Å²) in [7, 11) is 1.53. The summed E-state index contributed by atoms with van der Waals surface area (Å²) in [5, 5.41) is 10.4. The minimum Gasteiger partial charge on any atom is -0.504 e. The number of aromatic nitrogens is 11. The lowest BCUT2D eigenvalue weighted by Crippen LogP contribution is -2.01. The van der Waals surface area contributed by atoms with Gasteiger partial charge in [0, 0.05) is 6.20 Å². The minimum atomic E-state index is -0.350. The highest BCUT2D eigenvalue weighted by atomic mass is 35.5. The van der Waals surface area contributed by atoms with Crippen molar-refractivity contribution in [1.82, 2.24) is 54.8 Å². The number of nitrogens with zero attached hydrogens (tertiary/aromatic N) is 9. The van der Waals surface area contributed by atoms with Gasteiger partial charge in [-0.15, -0.1) is 0 Å². The standard InChI is InChI=1S/C7H8ClN3O.C6H4ClN3.C5H2Cl2N2O.C5H4ClN3O.C4H4N2O2.4CH4/c1-12-3-2-5-6(8)10-4-11-7(5)9;7-5-4-1-2-8-6(4)10-3-9-5;2*6-4-3(1-10)5(7)9-2-8-4;7-3-1-4(8)6-2-5-3;;;;/h2-4H,1H3,(H2,9,10,11);1-3H,(H,8,9,10);1-2H;1-2H,(H2,7,8,9);1-2H,(H2,5,6,7,8);4*1H4/b3-2+;;;;;;;;. The van der Waals surface area contributed by atoms with Crippen molar-refractivity contribution >= 4 is 99.3 Å². The van der Waals surface area contributed by atoms with Crippen LogP contribution in [0.3, 0.4) is 0 Å². The van der Waals surface area contributed by atoms with E-state index in [0.29, 0.717) is 34.3 Å². The van der Waals surface area contributed by atoms with Crippen LogP contribution in [-0.2, 0) is 4.74 Å². The predicted octanol–water partition coefficient (Wildman–Crippen LogP) is 7.08. The highest BCUT2D eigenvalue weighted by molar-refractivity contribution is 6.37. The Balaban J connectivity index is -0.000000594. The van der Waals surface area contributed by atoms with E-state index in [-0.39, 0.29) is 73.5 Å². The predicted molar refractivity (Wildman–Crippen MR) is 214 cm³/mol. The molecule has 6 aromatic rings. The molecule has 0 atom stereocenters. The SMILES string of the molecule is C.C.C.C.CO/C=C/c1c(N)ncnc1Cl.Clc1ncnc2[nH]ccc12.Nc1ncnc(Cl)c1C=O.O=Cc1c(Cl)ncnc1Cl.O=c1cc(O)nc[nH]1. The zero-order valence-corrected chi connectivity index (χ0v) is 28.9. The maximum absolute atomic E-state index is 10.2. The Labute approximate surface area is 335 Å². The van der Waals surface area contributed by atoms with Crippen LogP contribution in [0.25, 0.3) is 17.1 Å². The van der Waals surface area contributed by atoms with Gasteiger partial charge in [-0.05, 0) is 12.1 Å². The average Bonchev–Trinajstić information content (AvgIpc) is 3.57. The number of carbonyl (C=O) groups excluding carboxylic acids is 2. The van der Waals surface area contributed by atoms with Crippen molar-refractivity contribution in [3.8, 4) is 5.88 Å². The maximum atomic E-state index is 10.2. The first-order valence-corrected chi connectivity index (χ1v) is 14.8. The largest absolute Gasteiger partial charge is 0.504 e. The molecule has 0 bridgehead atoms. The first-order valence-electron chi connectivity index (χ1n) is 12.9. The van der Waals surface area contributed by atoms with Crippen molar-refractivity contribution in [2.75, 3.05) is 18.6 Å². The Bertz CT molecular complexity index is 1990. The molecule has 54 heavy (non-hydrogen) atoms. The van der Waals surface area contributed by atoms with Gasteiger partial charge in [-0.1, -0.05) is 87.7 Å². The fourth-order valence-electron chi connectivity index (χ4n) is 2.82. The topological polar surface area (TPSA) is 280 Å². The van der Waals surface area contributed by atoms with E-state index in [1.807, 2.05) is 6.07 Å². The first kappa shape index (κ1) is 52.8. The molecule has 0 aromatic carbocycles. The summed E-state index contributed by atoms with van der Waals surface area (Å²) in [6.45, 7) is 0. The summed E-state index contributed by atoms with van der Waals surface area (Å²) in [6.07, 6.45) is 12.2. The highest BCUT2D eigenvalue weighted by Crippen LogP contribution is 2.19. The lowest BCUT2D eigenvalue weighted by molar-refractivity contribution is 0.111. The number of aldehydes is 2. The average molecular weight is 850 g/mol. The number of rotatable bonds is 4. The van der Waals surface area contributed by atoms with Gasteiger partial charge < -0.3 is 31.3 Å². The smallest absolute Gasteiger partial charge is 0.254 e. The third kappa shape index (κ3) is 17.3. The Hall–Kier alpha value is -5.53. The molecule has 0 aliphatic heterocycles. The molecule has 0 spiro atoms. The van der Waals surface area contributed by atoms with Gasteiger partial charge in [-0.3, -0.25) is 14.4 Å². The van der Waals surface area contributed by atoms with E-state index in [0.717, 1.165) is 23.4 Å². The molecule has 23 heteroatoms. The summed E-state index contributed by atoms with van der Waals surface area (Å²) in [5.41, 5.74) is 12.1. The van der Waals surface area contributed by atoms with Crippen LogP contribution in [-0.4, -0.2) is 79.6 Å². The number of hydrogen-bond donors (Lipinski definition) is 5. The summed E-state index contributed by atoms with van der Waals surface area (Å²) < 4.78 is 4.71. The molecule has 0 amide bonds. The number of fused-ring (bicyclic) bond motifs is 1. The minimum absolute atomic E-state index is 0. The van der Waals surface area contributed by atoms with Crippen LogP contribution in [0, 0.1) is 0 Å². The van der Waals surface area contributed by atoms with Gasteiger partial charge in [0.05, 0.1) is 47.8 Å². The second kappa shape index (κ2) is 28.0. The molecule has 0 saturated heterocycles. The first-order chi connectivity index (χ1) is 23.9. The Morgan fingerprint density at radius 2 is 1.13 bits per heavy atom. The van der Waals surface area contributed by atoms with E-state index in [1.54, 1.807) is 12.3 Å². The summed E-state index contributed by atoms with van der Waals surface area (Å²) in [4.78, 5) is 68.7. The third-order valence-corrected chi connectivity index (χ3v) is 6.60. The highest BCUT2D eigenvalue weighted by Gasteiger charge is 2.05. The second-order valence-corrected chi connectivity index (χ2v) is 10.0. The molecule has 7 N–H and O–H groups in total. The monoisotopic (exact) mass is 847 g/mol. The Kier molecular flexibility index (Phi) is 27.4. The number of halogens is 5. The van der Waals surface area contributed by atoms with E-state index in [1.165, 1.54) is 38.7 Å². The molecule has 6 rings (SSSR count). The van der Waals surface area contributed by atoms with E-state index < -0.39 is 0 Å². The number of H-pyrrole nitrogens is 2. The molecule has 292 valence electrons. The number of hydrogen-bond acceptors (Lipinski definition) is 16. The number of nitrogen functional groups attached to an aromatic ring is 2. The molecule has 0 saturated carbocycles. The quantitative estimate of drug-likeness (QED) is 0.0673. The van der Waals surface area contributed by atoms with E-state index in [4.69, 9.17) is 79.3 Å². The summed E-state index contributed by atoms with van der Waals surface area (Å²) in [5.74, 6) is 0.187. The number of aromatic hydroxyl groups is 1. The second-order valence-electron chi connectivity index (χ2n) is 8.24. The number of carbonyl (C=O) groups is 2. The van der Waals surface area contributed by atoms with E-state index in [2.05, 4.69) is 54.8 Å². The van der Waals surface area contributed by atoms with Gasteiger partial charge in [0.25, 0.3) is 5.56 Å². The molecule has 0 aliphatic rings. The van der Waals surface area contributed by atoms with Crippen molar-refractivity contribution in [3.05, 3.63) is 109 Å². The molecule has 0 fully saturated rings. The number of nitrogens with one attached hydrogen (secondary N) is 2. The zero-order valence-electron chi connectivity index (χ0n) is 25.1. The molecule has 18 nitrogen and oxygen atoms in total. The Morgan fingerprint density at radius 1 is 0.667 bits per heavy atom. The lowest BCUT2D eigenvalue weighted by atomic mass is 10.3. The molecular formula is C31H38Cl5N13O5. The number of anilines is 2.